The van der Waals surface area contributed by atoms with Crippen LogP contribution in [-0.4, -0.2) is 17.6 Å². The zero-order valence-electron chi connectivity index (χ0n) is 8.53. The van der Waals surface area contributed by atoms with Crippen LogP contribution < -0.4 is 10.0 Å². The number of aromatic nitrogens is 1. The number of pyridine rings is 1. The van der Waals surface area contributed by atoms with E-state index in [-0.39, 0.29) is 11.6 Å². The number of thioether (sulfide) groups is 1. The fraction of sp³-hybridized carbons (Fsp3) is 0.333. The van der Waals surface area contributed by atoms with E-state index in [4.69, 9.17) is 5.26 Å². The Labute approximate surface area is 99.6 Å². The minimum Gasteiger partial charge on any atom is -0.295 e. The summed E-state index contributed by atoms with van der Waals surface area (Å²) in [6, 6.07) is 3.91. The largest absolute Gasteiger partial charge is 0.422 e. The molecule has 0 aliphatic carbocycles. The van der Waals surface area contributed by atoms with Crippen LogP contribution in [0.15, 0.2) is 23.4 Å². The van der Waals surface area contributed by atoms with Gasteiger partial charge in [-0.05, 0) is 17.8 Å². The molecule has 0 atom stereocenters. The third kappa shape index (κ3) is 4.13. The Hall–Kier alpha value is -1.46. The molecule has 0 aromatic carbocycles. The highest BCUT2D eigenvalue weighted by atomic mass is 32.2. The van der Waals surface area contributed by atoms with Crippen LogP contribution in [0.25, 0.3) is 0 Å². The number of nitriles is 1. The molecule has 0 saturated carbocycles. The summed E-state index contributed by atoms with van der Waals surface area (Å²) in [7, 11) is 0. The summed E-state index contributed by atoms with van der Waals surface area (Å²) < 4.78 is 37.2. The van der Waals surface area contributed by atoms with Crippen LogP contribution in [0.4, 0.5) is 13.2 Å². The number of rotatable bonds is 4. The average molecular weight is 264 g/mol. The Bertz CT molecular complexity index is 430. The highest BCUT2D eigenvalue weighted by Gasteiger charge is 2.34. The maximum absolute atomic E-state index is 12.3. The van der Waals surface area contributed by atoms with Crippen molar-refractivity contribution >= 4 is 11.8 Å². The lowest BCUT2D eigenvalue weighted by Crippen LogP contribution is -2.34. The quantitative estimate of drug-likeness (QED) is 0.215. The van der Waals surface area contributed by atoms with Gasteiger partial charge in [-0.25, -0.2) is 0 Å². The minimum atomic E-state index is -4.48. The summed E-state index contributed by atoms with van der Waals surface area (Å²) in [6.45, 7) is 0.138. The van der Waals surface area contributed by atoms with Gasteiger partial charge in [0.2, 0.25) is 6.20 Å². The molecule has 0 aliphatic rings. The maximum Gasteiger partial charge on any atom is 0.422 e. The van der Waals surface area contributed by atoms with Gasteiger partial charge in [0.25, 0.3) is 5.03 Å². The van der Waals surface area contributed by atoms with Crippen molar-refractivity contribution in [1.29, 1.82) is 5.26 Å². The van der Waals surface area contributed by atoms with Crippen LogP contribution in [0.3, 0.4) is 0 Å². The molecule has 0 radical (unpaired) electrons. The Morgan fingerprint density at radius 2 is 2.18 bits per heavy atom. The molecule has 0 spiro atoms. The van der Waals surface area contributed by atoms with Crippen molar-refractivity contribution < 1.29 is 23.1 Å². The van der Waals surface area contributed by atoms with Gasteiger partial charge in [-0.15, -0.1) is 0 Å². The number of nitrogens with zero attached hydrogens (tertiary/aromatic N) is 2. The van der Waals surface area contributed by atoms with Gasteiger partial charge in [-0.2, -0.15) is 18.4 Å². The van der Waals surface area contributed by atoms with Gasteiger partial charge in [0.15, 0.2) is 0 Å². The van der Waals surface area contributed by atoms with Crippen LogP contribution in [0.1, 0.15) is 5.56 Å². The molecular weight excluding hydrogens is 255 g/mol. The molecule has 0 amide bonds. The van der Waals surface area contributed by atoms with E-state index in [0.717, 1.165) is 17.8 Å². The summed E-state index contributed by atoms with van der Waals surface area (Å²) in [4.78, 5) is 0. The summed E-state index contributed by atoms with van der Waals surface area (Å²) in [5.74, 6) is 0.319. The van der Waals surface area contributed by atoms with Gasteiger partial charge in [-0.3, -0.25) is 10.5 Å². The molecule has 8 heteroatoms. The van der Waals surface area contributed by atoms with Crippen molar-refractivity contribution in [3.8, 4) is 6.07 Å². The van der Waals surface area contributed by atoms with E-state index in [1.165, 1.54) is 6.07 Å². The smallest absolute Gasteiger partial charge is 0.295 e. The first-order chi connectivity index (χ1) is 7.95. The lowest BCUT2D eigenvalue weighted by molar-refractivity contribution is -0.932. The van der Waals surface area contributed by atoms with E-state index in [9.17, 15) is 18.4 Å². The second-order valence-corrected chi connectivity index (χ2v) is 3.97. The number of hydrogen-bond donors (Lipinski definition) is 2. The van der Waals surface area contributed by atoms with Gasteiger partial charge < -0.3 is 0 Å². The molecule has 0 aliphatic heterocycles. The predicted molar refractivity (Wildman–Crippen MR) is 53.2 cm³/mol. The van der Waals surface area contributed by atoms with Crippen molar-refractivity contribution in [2.45, 2.75) is 11.2 Å². The molecule has 1 aromatic heterocycles. The molecule has 0 fully saturated rings. The van der Waals surface area contributed by atoms with Crippen molar-refractivity contribution in [2.75, 3.05) is 12.4 Å². The van der Waals surface area contributed by atoms with Crippen LogP contribution in [-0.2, 0) is 6.18 Å². The van der Waals surface area contributed by atoms with E-state index in [1.807, 2.05) is 6.07 Å². The summed E-state index contributed by atoms with van der Waals surface area (Å²) in [5.41, 5.74) is -0.922. The third-order valence-electron chi connectivity index (χ3n) is 1.75. The average Bonchev–Trinajstić information content (AvgIpc) is 2.24. The molecule has 0 bridgehead atoms. The third-order valence-corrected chi connectivity index (χ3v) is 2.71. The Morgan fingerprint density at radius 1 is 1.47 bits per heavy atom. The fourth-order valence-corrected chi connectivity index (χ4v) is 1.69. The Kier molecular flexibility index (Phi) is 4.60. The lowest BCUT2D eigenvalue weighted by atomic mass is 10.3. The molecule has 1 rings (SSSR count). The van der Waals surface area contributed by atoms with Crippen LogP contribution in [0.2, 0.25) is 0 Å². The molecule has 4 nitrogen and oxygen atoms in total. The van der Waals surface area contributed by atoms with Crippen molar-refractivity contribution in [3.63, 3.8) is 0 Å². The van der Waals surface area contributed by atoms with E-state index in [2.05, 4.69) is 5.32 Å². The maximum atomic E-state index is 12.3. The highest BCUT2D eigenvalue weighted by molar-refractivity contribution is 7.99. The first kappa shape index (κ1) is 13.6. The lowest BCUT2D eigenvalue weighted by Gasteiger charge is -2.04. The second-order valence-electron chi connectivity index (χ2n) is 2.97. The fourth-order valence-electron chi connectivity index (χ4n) is 0.990. The number of halogens is 3. The van der Waals surface area contributed by atoms with Gasteiger partial charge >= 0.3 is 6.18 Å². The first-order valence-electron chi connectivity index (χ1n) is 4.48. The van der Waals surface area contributed by atoms with Crippen molar-refractivity contribution in [2.24, 2.45) is 0 Å². The van der Waals surface area contributed by atoms with E-state index < -0.39 is 11.7 Å². The van der Waals surface area contributed by atoms with E-state index >= 15 is 0 Å². The number of nitrogens with one attached hydrogen (secondary N) is 1. The highest BCUT2D eigenvalue weighted by Crippen LogP contribution is 2.28. The molecule has 17 heavy (non-hydrogen) atoms. The Balaban J connectivity index is 2.68. The van der Waals surface area contributed by atoms with Crippen LogP contribution in [0.5, 0.6) is 0 Å². The van der Waals surface area contributed by atoms with Gasteiger partial charge in [0, 0.05) is 10.8 Å². The summed E-state index contributed by atoms with van der Waals surface area (Å²) in [6.07, 6.45) is -3.88. The SMILES string of the molecule is N#CCNCSc1ccc(C(F)(F)F)c[n+]1O. The zero-order chi connectivity index (χ0) is 12.9. The van der Waals surface area contributed by atoms with Gasteiger partial charge in [0.05, 0.1) is 18.5 Å². The topological polar surface area (TPSA) is 59.9 Å². The molecule has 1 heterocycles. The molecule has 0 saturated heterocycles. The molecule has 92 valence electrons. The predicted octanol–water partition coefficient (Wildman–Crippen LogP) is 1.39. The van der Waals surface area contributed by atoms with Crippen molar-refractivity contribution in [3.05, 3.63) is 23.9 Å². The Morgan fingerprint density at radius 3 is 2.71 bits per heavy atom. The number of alkyl halides is 3. The molecule has 1 aromatic rings. The van der Waals surface area contributed by atoms with E-state index in [1.54, 1.807) is 0 Å². The van der Waals surface area contributed by atoms with Crippen LogP contribution >= 0.6 is 11.8 Å². The summed E-state index contributed by atoms with van der Waals surface area (Å²) in [5, 5.41) is 20.5. The second kappa shape index (κ2) is 5.75. The van der Waals surface area contributed by atoms with Crippen LogP contribution in [0, 0.1) is 11.3 Å². The van der Waals surface area contributed by atoms with Gasteiger partial charge in [-0.1, -0.05) is 0 Å². The van der Waals surface area contributed by atoms with Crippen molar-refractivity contribution in [1.82, 2.24) is 5.32 Å². The summed E-state index contributed by atoms with van der Waals surface area (Å²) >= 11 is 1.09. The monoisotopic (exact) mass is 264 g/mol. The minimum absolute atomic E-state index is 0.138. The zero-order valence-corrected chi connectivity index (χ0v) is 9.35. The van der Waals surface area contributed by atoms with E-state index in [0.29, 0.717) is 16.8 Å². The normalized spacial score (nSPS) is 11.2. The molecular formula is C9H9F3N3OS+. The molecule has 0 unspecified atom stereocenters. The first-order valence-corrected chi connectivity index (χ1v) is 5.46. The van der Waals surface area contributed by atoms with Gasteiger partial charge in [0.1, 0.15) is 5.56 Å². The molecule has 2 N–H and O–H groups in total. The standard InChI is InChI=1S/C9H9F3N3OS/c10-9(11,12)7-1-2-8(15(16)5-7)17-6-14-4-3-13/h1-2,5,14,16H,4,6H2/q+1. The number of hydrogen-bond acceptors (Lipinski definition) is 4.